The van der Waals surface area contributed by atoms with Crippen LogP contribution in [0.15, 0.2) is 0 Å². The summed E-state index contributed by atoms with van der Waals surface area (Å²) in [4.78, 5) is 0. The van der Waals surface area contributed by atoms with Crippen LogP contribution in [0.25, 0.3) is 0 Å². The van der Waals surface area contributed by atoms with Crippen molar-refractivity contribution in [3.63, 3.8) is 0 Å². The maximum absolute atomic E-state index is 6.53. The van der Waals surface area contributed by atoms with Crippen molar-refractivity contribution < 1.29 is 18.3 Å². The Morgan fingerprint density at radius 2 is 1.62 bits per heavy atom. The van der Waals surface area contributed by atoms with Crippen LogP contribution < -0.4 is 0 Å². The smallest absolute Gasteiger partial charge is 0.371 e. The molecule has 0 spiro atoms. The molecule has 1 aliphatic heterocycles. The van der Waals surface area contributed by atoms with Gasteiger partial charge in [0.1, 0.15) is 5.22 Å². The van der Waals surface area contributed by atoms with Crippen molar-refractivity contribution >= 4 is 8.56 Å². The number of ether oxygens (including phenoxy) is 2. The molecule has 0 aromatic rings. The van der Waals surface area contributed by atoms with Gasteiger partial charge < -0.3 is 18.3 Å². The highest BCUT2D eigenvalue weighted by Gasteiger charge is 2.67. The molecule has 1 atom stereocenters. The molecule has 1 heterocycles. The van der Waals surface area contributed by atoms with E-state index in [1.165, 1.54) is 0 Å². The Morgan fingerprint density at radius 3 is 1.90 bits per heavy atom. The first-order chi connectivity index (χ1) is 10.0. The second kappa shape index (κ2) is 8.06. The molecule has 21 heavy (non-hydrogen) atoms. The van der Waals surface area contributed by atoms with E-state index in [4.69, 9.17) is 18.3 Å². The molecule has 0 radical (unpaired) electrons. The maximum atomic E-state index is 6.53. The van der Waals surface area contributed by atoms with Gasteiger partial charge in [0.15, 0.2) is 0 Å². The zero-order chi connectivity index (χ0) is 16.0. The van der Waals surface area contributed by atoms with Crippen LogP contribution in [0.2, 0.25) is 6.04 Å². The maximum Gasteiger partial charge on any atom is 0.371 e. The molecule has 0 aromatic heterocycles. The molecular weight excluding hydrogens is 284 g/mol. The lowest BCUT2D eigenvalue weighted by atomic mass is 9.80. The fourth-order valence-electron chi connectivity index (χ4n) is 3.69. The quantitative estimate of drug-likeness (QED) is 0.545. The third-order valence-electron chi connectivity index (χ3n) is 4.70. The zero-order valence-corrected chi connectivity index (χ0v) is 15.8. The highest BCUT2D eigenvalue weighted by atomic mass is 28.4. The van der Waals surface area contributed by atoms with Crippen molar-refractivity contribution in [1.82, 2.24) is 0 Å². The highest BCUT2D eigenvalue weighted by molar-refractivity contribution is 6.70. The minimum absolute atomic E-state index is 0.0104. The molecule has 1 aliphatic rings. The van der Waals surface area contributed by atoms with Crippen LogP contribution >= 0.6 is 0 Å². The van der Waals surface area contributed by atoms with Crippen LogP contribution in [0.4, 0.5) is 0 Å². The van der Waals surface area contributed by atoms with Crippen molar-refractivity contribution in [2.24, 2.45) is 5.41 Å². The van der Waals surface area contributed by atoms with Gasteiger partial charge in [0.2, 0.25) is 0 Å². The minimum atomic E-state index is -2.49. The summed E-state index contributed by atoms with van der Waals surface area (Å²) in [5.74, 6) is 0. The van der Waals surface area contributed by atoms with Gasteiger partial charge in [-0.15, -0.1) is 0 Å². The average Bonchev–Trinajstić information content (AvgIpc) is 2.46. The van der Waals surface area contributed by atoms with E-state index in [2.05, 4.69) is 41.5 Å². The van der Waals surface area contributed by atoms with Crippen LogP contribution in [-0.2, 0) is 18.3 Å². The van der Waals surface area contributed by atoms with Gasteiger partial charge in [-0.05, 0) is 32.7 Å². The number of hydrogen-bond acceptors (Lipinski definition) is 4. The second-order valence-corrected chi connectivity index (χ2v) is 9.65. The Kier molecular flexibility index (Phi) is 7.33. The van der Waals surface area contributed by atoms with E-state index < -0.39 is 8.56 Å². The molecular formula is C16H34O4Si. The van der Waals surface area contributed by atoms with E-state index in [-0.39, 0.29) is 10.6 Å². The van der Waals surface area contributed by atoms with Crippen LogP contribution in [0.1, 0.15) is 54.4 Å². The SMILES string of the molecule is CCCOC(CC)(C1(C)COC1)[Si](CC)(OCC)OCC. The van der Waals surface area contributed by atoms with Gasteiger partial charge in [-0.25, -0.2) is 0 Å². The summed E-state index contributed by atoms with van der Waals surface area (Å²) in [5.41, 5.74) is -0.0104. The lowest BCUT2D eigenvalue weighted by Crippen LogP contribution is -2.75. The molecule has 0 saturated carbocycles. The van der Waals surface area contributed by atoms with Gasteiger partial charge in [-0.1, -0.05) is 27.7 Å². The standard InChI is InChI=1S/C16H34O4Si/c1-7-12-18-16(8-2,15(6)13-17-14-15)21(11-5,19-9-3)20-10-4/h7-14H2,1-6H3. The zero-order valence-electron chi connectivity index (χ0n) is 14.8. The fourth-order valence-corrected chi connectivity index (χ4v) is 8.08. The first-order valence-corrected chi connectivity index (χ1v) is 10.5. The molecule has 0 bridgehead atoms. The molecule has 0 N–H and O–H groups in total. The van der Waals surface area contributed by atoms with E-state index >= 15 is 0 Å². The van der Waals surface area contributed by atoms with E-state index in [9.17, 15) is 0 Å². The summed E-state index contributed by atoms with van der Waals surface area (Å²) in [5, 5.41) is -0.338. The molecule has 4 nitrogen and oxygen atoms in total. The largest absolute Gasteiger partial charge is 0.393 e. The van der Waals surface area contributed by atoms with Crippen molar-refractivity contribution in [2.45, 2.75) is 65.7 Å². The van der Waals surface area contributed by atoms with Crippen LogP contribution in [0.3, 0.4) is 0 Å². The third-order valence-corrected chi connectivity index (χ3v) is 9.48. The third kappa shape index (κ3) is 3.22. The molecule has 1 saturated heterocycles. The van der Waals surface area contributed by atoms with Gasteiger partial charge in [0.25, 0.3) is 0 Å². The van der Waals surface area contributed by atoms with Gasteiger partial charge in [-0.2, -0.15) is 0 Å². The monoisotopic (exact) mass is 318 g/mol. The summed E-state index contributed by atoms with van der Waals surface area (Å²) in [6.07, 6.45) is 1.91. The van der Waals surface area contributed by atoms with Crippen molar-refractivity contribution in [2.75, 3.05) is 33.0 Å². The predicted molar refractivity (Wildman–Crippen MR) is 87.7 cm³/mol. The lowest BCUT2D eigenvalue weighted by Gasteiger charge is -2.58. The lowest BCUT2D eigenvalue weighted by molar-refractivity contribution is -0.215. The molecule has 0 aromatic carbocycles. The van der Waals surface area contributed by atoms with Crippen molar-refractivity contribution in [1.29, 1.82) is 0 Å². The van der Waals surface area contributed by atoms with Crippen LogP contribution in [0.5, 0.6) is 0 Å². The molecule has 1 rings (SSSR count). The van der Waals surface area contributed by atoms with E-state index in [0.29, 0.717) is 13.2 Å². The molecule has 5 heteroatoms. The summed E-state index contributed by atoms with van der Waals surface area (Å²) in [6, 6.07) is 0.905. The van der Waals surface area contributed by atoms with Gasteiger partial charge in [0, 0.05) is 25.2 Å². The Bertz CT molecular complexity index is 301. The Morgan fingerprint density at radius 1 is 1.05 bits per heavy atom. The number of hydrogen-bond donors (Lipinski definition) is 0. The average molecular weight is 319 g/mol. The Hall–Kier alpha value is 0.0569. The van der Waals surface area contributed by atoms with Crippen LogP contribution in [-0.4, -0.2) is 46.8 Å². The van der Waals surface area contributed by atoms with Crippen molar-refractivity contribution in [3.05, 3.63) is 0 Å². The first-order valence-electron chi connectivity index (χ1n) is 8.51. The highest BCUT2D eigenvalue weighted by Crippen LogP contribution is 2.50. The van der Waals surface area contributed by atoms with Gasteiger partial charge in [0.05, 0.1) is 13.2 Å². The first kappa shape index (κ1) is 19.1. The van der Waals surface area contributed by atoms with E-state index in [1.807, 2.05) is 0 Å². The predicted octanol–water partition coefficient (Wildman–Crippen LogP) is 3.67. The van der Waals surface area contributed by atoms with Crippen molar-refractivity contribution in [3.8, 4) is 0 Å². The van der Waals surface area contributed by atoms with E-state index in [0.717, 1.165) is 38.7 Å². The molecule has 126 valence electrons. The summed E-state index contributed by atoms with van der Waals surface area (Å²) in [7, 11) is -2.49. The summed E-state index contributed by atoms with van der Waals surface area (Å²) >= 11 is 0. The molecule has 0 amide bonds. The second-order valence-electron chi connectivity index (χ2n) is 6.05. The number of rotatable bonds is 11. The van der Waals surface area contributed by atoms with Gasteiger partial charge in [-0.3, -0.25) is 0 Å². The fraction of sp³-hybridized carbons (Fsp3) is 1.00. The summed E-state index contributed by atoms with van der Waals surface area (Å²) in [6.45, 7) is 16.5. The van der Waals surface area contributed by atoms with Crippen LogP contribution in [0, 0.1) is 5.41 Å². The minimum Gasteiger partial charge on any atom is -0.393 e. The topological polar surface area (TPSA) is 36.9 Å². The molecule has 0 aliphatic carbocycles. The normalized spacial score (nSPS) is 20.9. The Balaban J connectivity index is 3.27. The van der Waals surface area contributed by atoms with E-state index in [1.54, 1.807) is 0 Å². The molecule has 1 fully saturated rings. The summed E-state index contributed by atoms with van der Waals surface area (Å²) < 4.78 is 24.7. The Labute approximate surface area is 131 Å². The molecule has 1 unspecified atom stereocenters. The van der Waals surface area contributed by atoms with Gasteiger partial charge >= 0.3 is 8.56 Å².